The number of rotatable bonds is 15. The molecular formula is C19H40O6Zr. The Kier molecular flexibility index (Phi) is 35.0. The third-order valence-corrected chi connectivity index (χ3v) is 5.91. The van der Waals surface area contributed by atoms with Crippen LogP contribution < -0.4 is 5.11 Å². The molecule has 0 fully saturated rings. The Morgan fingerprint density at radius 2 is 1.35 bits per heavy atom. The van der Waals surface area contributed by atoms with Crippen molar-refractivity contribution in [1.82, 2.24) is 0 Å². The van der Waals surface area contributed by atoms with Crippen molar-refractivity contribution in [3.05, 3.63) is 12.7 Å². The van der Waals surface area contributed by atoms with E-state index in [1.54, 1.807) is 0 Å². The maximum absolute atomic E-state index is 9.01. The first-order chi connectivity index (χ1) is 12.5. The summed E-state index contributed by atoms with van der Waals surface area (Å²) in [5, 5.41) is 16.5. The topological polar surface area (TPSA) is 88.1 Å². The SMILES string of the molecule is C=CCCCCCC.CCC[O][Zr+]([O]CCC)[O]CCC.O=C([O-])CO. The monoisotopic (exact) mass is 454 g/mol. The molecule has 0 aromatic heterocycles. The van der Waals surface area contributed by atoms with Crippen LogP contribution in [0, 0.1) is 0 Å². The molecule has 0 aliphatic rings. The van der Waals surface area contributed by atoms with E-state index in [0.717, 1.165) is 39.1 Å². The molecule has 0 aliphatic heterocycles. The summed E-state index contributed by atoms with van der Waals surface area (Å²) < 4.78 is 16.6. The van der Waals surface area contributed by atoms with Gasteiger partial charge in [0.05, 0.1) is 12.6 Å². The number of carbonyl (C=O) groups is 1. The van der Waals surface area contributed by atoms with Gasteiger partial charge >= 0.3 is 91.4 Å². The number of hydrogen-bond acceptors (Lipinski definition) is 6. The van der Waals surface area contributed by atoms with Gasteiger partial charge in [-0.1, -0.05) is 32.3 Å². The van der Waals surface area contributed by atoms with Crippen LogP contribution in [0.1, 0.15) is 79.1 Å². The van der Waals surface area contributed by atoms with Gasteiger partial charge in [-0.15, -0.1) is 6.58 Å². The third-order valence-electron chi connectivity index (χ3n) is 2.66. The van der Waals surface area contributed by atoms with Gasteiger partial charge in [0, 0.05) is 0 Å². The molecule has 156 valence electrons. The molecule has 0 saturated heterocycles. The number of aliphatic hydroxyl groups excluding tert-OH is 1. The molecule has 0 spiro atoms. The molecule has 0 rings (SSSR count). The Hall–Kier alpha value is -0.0669. The van der Waals surface area contributed by atoms with Crippen molar-refractivity contribution in [1.29, 1.82) is 0 Å². The summed E-state index contributed by atoms with van der Waals surface area (Å²) in [4.78, 5) is 9.01. The van der Waals surface area contributed by atoms with Gasteiger partial charge in [-0.25, -0.2) is 0 Å². The van der Waals surface area contributed by atoms with Crippen molar-refractivity contribution >= 4 is 5.97 Å². The van der Waals surface area contributed by atoms with Crippen molar-refractivity contribution in [2.75, 3.05) is 26.4 Å². The van der Waals surface area contributed by atoms with Crippen LogP contribution in [0.25, 0.3) is 0 Å². The number of allylic oxidation sites excluding steroid dienone is 1. The first-order valence-corrected chi connectivity index (χ1v) is 12.7. The second-order valence-electron chi connectivity index (χ2n) is 5.46. The molecule has 0 atom stereocenters. The Morgan fingerprint density at radius 3 is 1.62 bits per heavy atom. The summed E-state index contributed by atoms with van der Waals surface area (Å²) in [6, 6.07) is 0. The van der Waals surface area contributed by atoms with E-state index >= 15 is 0 Å². The van der Waals surface area contributed by atoms with E-state index in [4.69, 9.17) is 23.4 Å². The second kappa shape index (κ2) is 29.7. The predicted octanol–water partition coefficient (Wildman–Crippen LogP) is 3.50. The van der Waals surface area contributed by atoms with E-state index in [-0.39, 0.29) is 0 Å². The minimum absolute atomic E-state index is 0.780. The Morgan fingerprint density at radius 1 is 0.923 bits per heavy atom. The molecule has 7 heteroatoms. The molecule has 0 bridgehead atoms. The van der Waals surface area contributed by atoms with Crippen molar-refractivity contribution in [3.63, 3.8) is 0 Å². The quantitative estimate of drug-likeness (QED) is 0.300. The standard InChI is InChI=1S/C8H16.3C3H7O.C2H4O3.Zr/c1-3-5-7-8-6-4-2;3*1-2-3-4;3-1-2(4)5;/h3H,1,4-8H2,2H3;3*2-3H2,1H3;3H,1H2,(H,4,5);/q;3*-1;;+4/p-1. The molecule has 0 amide bonds. The second-order valence-corrected chi connectivity index (χ2v) is 8.82. The van der Waals surface area contributed by atoms with Crippen LogP contribution in [0.3, 0.4) is 0 Å². The minimum Gasteiger partial charge on any atom is -0.548 e. The van der Waals surface area contributed by atoms with Gasteiger partial charge < -0.3 is 15.0 Å². The maximum Gasteiger partial charge on any atom is 0.0826 e. The van der Waals surface area contributed by atoms with Crippen molar-refractivity contribution < 1.29 is 46.5 Å². The van der Waals surface area contributed by atoms with E-state index in [1.807, 2.05) is 6.08 Å². The van der Waals surface area contributed by atoms with Crippen LogP contribution in [-0.4, -0.2) is 37.5 Å². The first-order valence-electron chi connectivity index (χ1n) is 9.70. The van der Waals surface area contributed by atoms with Gasteiger partial charge in [0.25, 0.3) is 0 Å². The minimum atomic E-state index is -2.34. The molecule has 0 radical (unpaired) electrons. The number of aliphatic hydroxyl groups is 1. The van der Waals surface area contributed by atoms with Crippen molar-refractivity contribution in [2.45, 2.75) is 79.1 Å². The van der Waals surface area contributed by atoms with Gasteiger partial charge in [-0.3, -0.25) is 0 Å². The molecule has 6 nitrogen and oxygen atoms in total. The smallest absolute Gasteiger partial charge is 0.0826 e. The molecule has 0 aromatic rings. The zero-order chi connectivity index (χ0) is 20.5. The van der Waals surface area contributed by atoms with Crippen molar-refractivity contribution in [3.8, 4) is 0 Å². The molecule has 26 heavy (non-hydrogen) atoms. The molecule has 0 aliphatic carbocycles. The van der Waals surface area contributed by atoms with Gasteiger partial charge in [0.2, 0.25) is 0 Å². The number of unbranched alkanes of at least 4 members (excludes halogenated alkanes) is 4. The molecule has 0 saturated carbocycles. The first kappa shape index (κ1) is 30.7. The Bertz CT molecular complexity index is 258. The largest absolute Gasteiger partial charge is 0.548 e. The average molecular weight is 456 g/mol. The fourth-order valence-electron chi connectivity index (χ4n) is 1.40. The van der Waals surface area contributed by atoms with E-state index in [9.17, 15) is 0 Å². The van der Waals surface area contributed by atoms with E-state index in [0.29, 0.717) is 0 Å². The molecular weight excluding hydrogens is 415 g/mol. The van der Waals surface area contributed by atoms with Gasteiger partial charge in [-0.2, -0.15) is 0 Å². The summed E-state index contributed by atoms with van der Waals surface area (Å²) in [5.41, 5.74) is 0. The Balaban J connectivity index is -0.000000346. The molecule has 0 aromatic carbocycles. The van der Waals surface area contributed by atoms with Crippen LogP contribution in [0.4, 0.5) is 0 Å². The van der Waals surface area contributed by atoms with Crippen LogP contribution in [0.2, 0.25) is 0 Å². The zero-order valence-corrected chi connectivity index (χ0v) is 19.7. The van der Waals surface area contributed by atoms with Gasteiger partial charge in [-0.05, 0) is 12.8 Å². The molecule has 1 N–H and O–H groups in total. The third kappa shape index (κ3) is 35.1. The van der Waals surface area contributed by atoms with Crippen LogP contribution >= 0.6 is 0 Å². The fourth-order valence-corrected chi connectivity index (χ4v) is 4.75. The van der Waals surface area contributed by atoms with Crippen LogP contribution in [0.5, 0.6) is 0 Å². The Labute approximate surface area is 170 Å². The van der Waals surface area contributed by atoms with Gasteiger partial charge in [0.15, 0.2) is 0 Å². The van der Waals surface area contributed by atoms with Crippen LogP contribution in [-0.2, 0) is 36.3 Å². The number of hydrogen-bond donors (Lipinski definition) is 1. The van der Waals surface area contributed by atoms with E-state index in [1.165, 1.54) is 32.1 Å². The summed E-state index contributed by atoms with van der Waals surface area (Å²) in [6.45, 7) is 13.6. The van der Waals surface area contributed by atoms with Crippen LogP contribution in [0.15, 0.2) is 12.7 Å². The summed E-state index contributed by atoms with van der Waals surface area (Å²) in [6.07, 6.45) is 11.7. The molecule has 0 heterocycles. The molecule has 0 unspecified atom stereocenters. The summed E-state index contributed by atoms with van der Waals surface area (Å²) in [5.74, 6) is -1.44. The fraction of sp³-hybridized carbons (Fsp3) is 0.842. The zero-order valence-electron chi connectivity index (χ0n) is 17.3. The average Bonchev–Trinajstić information content (AvgIpc) is 2.65. The number of aliphatic carboxylic acids is 1. The van der Waals surface area contributed by atoms with Gasteiger partial charge in [0.1, 0.15) is 0 Å². The van der Waals surface area contributed by atoms with E-state index < -0.39 is 35.6 Å². The number of carbonyl (C=O) groups excluding carboxylic acids is 1. The predicted molar refractivity (Wildman–Crippen MR) is 99.8 cm³/mol. The summed E-state index contributed by atoms with van der Waals surface area (Å²) >= 11 is -2.34. The van der Waals surface area contributed by atoms with Crippen molar-refractivity contribution in [2.24, 2.45) is 0 Å². The summed E-state index contributed by atoms with van der Waals surface area (Å²) in [7, 11) is 0. The number of carboxylic acid groups (broad SMARTS) is 1. The maximum atomic E-state index is 9.01. The number of carboxylic acids is 1. The van der Waals surface area contributed by atoms with E-state index in [2.05, 4.69) is 34.3 Å². The normalized spacial score (nSPS) is 9.42.